The van der Waals surface area contributed by atoms with E-state index in [1.807, 2.05) is 6.92 Å². The van der Waals surface area contributed by atoms with E-state index in [0.29, 0.717) is 18.9 Å². The number of nitrogens with zero attached hydrogens (tertiary/aromatic N) is 2. The highest BCUT2D eigenvalue weighted by Gasteiger charge is 2.11. The summed E-state index contributed by atoms with van der Waals surface area (Å²) < 4.78 is 0. The molecule has 0 aliphatic carbocycles. The van der Waals surface area contributed by atoms with E-state index < -0.39 is 0 Å². The molecule has 0 saturated heterocycles. The number of carbonyl (C=O) groups excluding carboxylic acids is 1. The molecule has 0 saturated carbocycles. The van der Waals surface area contributed by atoms with E-state index in [9.17, 15) is 4.79 Å². The first-order chi connectivity index (χ1) is 7.51. The maximum absolute atomic E-state index is 11.6. The average molecular weight is 228 g/mol. The second-order valence-electron chi connectivity index (χ2n) is 3.95. The van der Waals surface area contributed by atoms with E-state index >= 15 is 0 Å². The van der Waals surface area contributed by atoms with Crippen molar-refractivity contribution in [2.45, 2.75) is 46.1 Å². The molecule has 2 amide bonds. The summed E-state index contributed by atoms with van der Waals surface area (Å²) in [6.45, 7) is 6.91. The van der Waals surface area contributed by atoms with Gasteiger partial charge in [-0.15, -0.1) is 0 Å². The monoisotopic (exact) mass is 228 g/mol. The minimum absolute atomic E-state index is 0.162. The fourth-order valence-electron chi connectivity index (χ4n) is 1.45. The van der Waals surface area contributed by atoms with Crippen molar-refractivity contribution >= 4 is 11.9 Å². The Morgan fingerprint density at radius 2 is 2.00 bits per heavy atom. The first-order valence-corrected chi connectivity index (χ1v) is 5.86. The number of hydrogen-bond donors (Lipinski definition) is 2. The second kappa shape index (κ2) is 8.10. The molecule has 0 aromatic heterocycles. The van der Waals surface area contributed by atoms with Crippen LogP contribution in [0.2, 0.25) is 0 Å². The zero-order valence-corrected chi connectivity index (χ0v) is 10.6. The van der Waals surface area contributed by atoms with Crippen molar-refractivity contribution in [2.24, 2.45) is 16.5 Å². The van der Waals surface area contributed by atoms with Crippen LogP contribution in [0.25, 0.3) is 0 Å². The third-order valence-corrected chi connectivity index (χ3v) is 2.35. The number of carbonyl (C=O) groups is 1. The highest BCUT2D eigenvalue weighted by Crippen LogP contribution is 2.02. The molecule has 5 heteroatoms. The minimum Gasteiger partial charge on any atom is -0.387 e. The summed E-state index contributed by atoms with van der Waals surface area (Å²) in [7, 11) is 0. The Balaban J connectivity index is 4.10. The molecule has 4 N–H and O–H groups in total. The van der Waals surface area contributed by atoms with Crippen LogP contribution in [0.15, 0.2) is 4.99 Å². The number of nitrogens with two attached hydrogens (primary N) is 2. The fraction of sp³-hybridized carbons (Fsp3) is 0.818. The van der Waals surface area contributed by atoms with E-state index in [2.05, 4.69) is 11.9 Å². The van der Waals surface area contributed by atoms with Crippen LogP contribution in [0.5, 0.6) is 0 Å². The number of amidine groups is 1. The SMILES string of the molecule is CCCC(N)CCN(CC)C(=O)/N=C(/C)N. The van der Waals surface area contributed by atoms with Crippen LogP contribution in [-0.4, -0.2) is 35.9 Å². The number of amides is 2. The fourth-order valence-corrected chi connectivity index (χ4v) is 1.45. The van der Waals surface area contributed by atoms with Crippen molar-refractivity contribution in [2.75, 3.05) is 13.1 Å². The molecule has 0 rings (SSSR count). The van der Waals surface area contributed by atoms with Crippen LogP contribution in [0.4, 0.5) is 4.79 Å². The Bertz CT molecular complexity index is 236. The lowest BCUT2D eigenvalue weighted by Gasteiger charge is -2.20. The lowest BCUT2D eigenvalue weighted by Crippen LogP contribution is -2.34. The zero-order valence-electron chi connectivity index (χ0n) is 10.6. The molecule has 0 aromatic carbocycles. The third kappa shape index (κ3) is 6.40. The molecule has 0 radical (unpaired) electrons. The highest BCUT2D eigenvalue weighted by molar-refractivity contribution is 5.91. The van der Waals surface area contributed by atoms with E-state index in [1.54, 1.807) is 11.8 Å². The Hall–Kier alpha value is -1.10. The van der Waals surface area contributed by atoms with Crippen molar-refractivity contribution in [3.63, 3.8) is 0 Å². The first-order valence-electron chi connectivity index (χ1n) is 5.86. The van der Waals surface area contributed by atoms with Crippen molar-refractivity contribution in [3.8, 4) is 0 Å². The van der Waals surface area contributed by atoms with Gasteiger partial charge in [-0.3, -0.25) is 0 Å². The Kier molecular flexibility index (Phi) is 7.54. The first kappa shape index (κ1) is 14.9. The van der Waals surface area contributed by atoms with Crippen LogP contribution >= 0.6 is 0 Å². The molecule has 0 bridgehead atoms. The predicted molar refractivity (Wildman–Crippen MR) is 67.4 cm³/mol. The highest BCUT2D eigenvalue weighted by atomic mass is 16.2. The van der Waals surface area contributed by atoms with E-state index in [0.717, 1.165) is 19.3 Å². The summed E-state index contributed by atoms with van der Waals surface area (Å²) in [4.78, 5) is 16.9. The number of urea groups is 1. The van der Waals surface area contributed by atoms with Gasteiger partial charge in [0, 0.05) is 19.1 Å². The number of aliphatic imine (C=N–C) groups is 1. The summed E-state index contributed by atoms with van der Waals surface area (Å²) in [5.41, 5.74) is 11.3. The Morgan fingerprint density at radius 1 is 1.38 bits per heavy atom. The standard InChI is InChI=1S/C11H24N4O/c1-4-6-10(13)7-8-15(5-2)11(16)14-9(3)12/h10H,4-8,13H2,1-3H3,(H2,12,14,16). The summed E-state index contributed by atoms with van der Waals surface area (Å²) in [6, 6.07) is -0.110. The van der Waals surface area contributed by atoms with E-state index in [1.165, 1.54) is 0 Å². The molecule has 0 spiro atoms. The molecule has 1 atom stereocenters. The lowest BCUT2D eigenvalue weighted by atomic mass is 10.1. The van der Waals surface area contributed by atoms with Gasteiger partial charge in [0.05, 0.1) is 0 Å². The molecule has 0 heterocycles. The van der Waals surface area contributed by atoms with Gasteiger partial charge in [-0.05, 0) is 26.7 Å². The van der Waals surface area contributed by atoms with Gasteiger partial charge in [-0.25, -0.2) is 4.79 Å². The molecule has 94 valence electrons. The molecule has 5 nitrogen and oxygen atoms in total. The van der Waals surface area contributed by atoms with Gasteiger partial charge < -0.3 is 16.4 Å². The molecule has 0 aliphatic heterocycles. The minimum atomic E-state index is -0.272. The molecule has 16 heavy (non-hydrogen) atoms. The molecular formula is C11H24N4O. The van der Waals surface area contributed by atoms with Gasteiger partial charge in [0.2, 0.25) is 0 Å². The summed E-state index contributed by atoms with van der Waals surface area (Å²) in [6.07, 6.45) is 2.87. The largest absolute Gasteiger partial charge is 0.387 e. The number of hydrogen-bond acceptors (Lipinski definition) is 2. The summed E-state index contributed by atoms with van der Waals surface area (Å²) >= 11 is 0. The Morgan fingerprint density at radius 3 is 2.44 bits per heavy atom. The average Bonchev–Trinajstić information content (AvgIpc) is 2.17. The molecule has 1 unspecified atom stereocenters. The maximum atomic E-state index is 11.6. The molecular weight excluding hydrogens is 204 g/mol. The van der Waals surface area contributed by atoms with Crippen molar-refractivity contribution in [1.29, 1.82) is 0 Å². The maximum Gasteiger partial charge on any atom is 0.345 e. The molecule has 0 aliphatic rings. The quantitative estimate of drug-likeness (QED) is 0.531. The van der Waals surface area contributed by atoms with Crippen LogP contribution < -0.4 is 11.5 Å². The van der Waals surface area contributed by atoms with Gasteiger partial charge in [0.15, 0.2) is 0 Å². The lowest BCUT2D eigenvalue weighted by molar-refractivity contribution is 0.208. The molecule has 0 aromatic rings. The van der Waals surface area contributed by atoms with E-state index in [4.69, 9.17) is 11.5 Å². The van der Waals surface area contributed by atoms with Crippen LogP contribution in [0.1, 0.15) is 40.0 Å². The van der Waals surface area contributed by atoms with Gasteiger partial charge >= 0.3 is 6.03 Å². The van der Waals surface area contributed by atoms with Crippen molar-refractivity contribution in [1.82, 2.24) is 4.90 Å². The van der Waals surface area contributed by atoms with Gasteiger partial charge in [-0.1, -0.05) is 13.3 Å². The van der Waals surface area contributed by atoms with Gasteiger partial charge in [0.25, 0.3) is 0 Å². The summed E-state index contributed by atoms with van der Waals surface area (Å²) in [5.74, 6) is 0.293. The van der Waals surface area contributed by atoms with Crippen LogP contribution in [0, 0.1) is 0 Å². The summed E-state index contributed by atoms with van der Waals surface area (Å²) in [5, 5.41) is 0. The van der Waals surface area contributed by atoms with E-state index in [-0.39, 0.29) is 12.1 Å². The smallest absolute Gasteiger partial charge is 0.345 e. The predicted octanol–water partition coefficient (Wildman–Crippen LogP) is 1.32. The number of rotatable bonds is 6. The normalized spacial score (nSPS) is 13.6. The van der Waals surface area contributed by atoms with Crippen molar-refractivity contribution < 1.29 is 4.79 Å². The molecule has 0 fully saturated rings. The van der Waals surface area contributed by atoms with Gasteiger partial charge in [-0.2, -0.15) is 4.99 Å². The van der Waals surface area contributed by atoms with Crippen LogP contribution in [-0.2, 0) is 0 Å². The topological polar surface area (TPSA) is 84.7 Å². The Labute approximate surface area is 97.9 Å². The zero-order chi connectivity index (χ0) is 12.6. The van der Waals surface area contributed by atoms with Gasteiger partial charge in [0.1, 0.15) is 5.84 Å². The third-order valence-electron chi connectivity index (χ3n) is 2.35. The van der Waals surface area contributed by atoms with Crippen LogP contribution in [0.3, 0.4) is 0 Å². The second-order valence-corrected chi connectivity index (χ2v) is 3.95. The van der Waals surface area contributed by atoms with Crippen molar-refractivity contribution in [3.05, 3.63) is 0 Å².